The molecule has 0 spiro atoms. The Balaban J connectivity index is 2.10. The molecular formula is C16H16ClFO. The summed E-state index contributed by atoms with van der Waals surface area (Å²) in [5.74, 6) is -0.269. The van der Waals surface area contributed by atoms with E-state index in [1.165, 1.54) is 12.1 Å². The molecule has 1 N–H and O–H groups in total. The van der Waals surface area contributed by atoms with Crippen LogP contribution in [0.2, 0.25) is 5.02 Å². The summed E-state index contributed by atoms with van der Waals surface area (Å²) in [4.78, 5) is 0. The largest absolute Gasteiger partial charge is 0.389 e. The first kappa shape index (κ1) is 14.0. The molecule has 0 fully saturated rings. The van der Waals surface area contributed by atoms with E-state index in [9.17, 15) is 9.50 Å². The van der Waals surface area contributed by atoms with Gasteiger partial charge in [0.25, 0.3) is 0 Å². The zero-order chi connectivity index (χ0) is 13.9. The first-order chi connectivity index (χ1) is 8.96. The minimum atomic E-state index is -0.914. The second-order valence-electron chi connectivity index (χ2n) is 5.07. The van der Waals surface area contributed by atoms with Crippen molar-refractivity contribution in [1.82, 2.24) is 0 Å². The van der Waals surface area contributed by atoms with Crippen molar-refractivity contribution in [1.29, 1.82) is 0 Å². The molecule has 100 valence electrons. The van der Waals surface area contributed by atoms with Gasteiger partial charge in [0.2, 0.25) is 0 Å². The third-order valence-corrected chi connectivity index (χ3v) is 3.40. The van der Waals surface area contributed by atoms with Crippen LogP contribution in [-0.2, 0) is 12.8 Å². The molecule has 0 bridgehead atoms. The molecule has 0 aliphatic rings. The van der Waals surface area contributed by atoms with E-state index in [1.807, 2.05) is 24.3 Å². The van der Waals surface area contributed by atoms with E-state index in [0.717, 1.165) is 11.1 Å². The zero-order valence-corrected chi connectivity index (χ0v) is 11.5. The van der Waals surface area contributed by atoms with Crippen LogP contribution < -0.4 is 0 Å². The smallest absolute Gasteiger partial charge is 0.123 e. The number of hydrogen-bond donors (Lipinski definition) is 1. The van der Waals surface area contributed by atoms with Crippen molar-refractivity contribution >= 4 is 11.6 Å². The Morgan fingerprint density at radius 2 is 1.68 bits per heavy atom. The lowest BCUT2D eigenvalue weighted by atomic mass is 9.90. The molecule has 2 aromatic carbocycles. The van der Waals surface area contributed by atoms with Gasteiger partial charge in [-0.3, -0.25) is 0 Å². The average molecular weight is 279 g/mol. The Bertz CT molecular complexity index is 549. The van der Waals surface area contributed by atoms with E-state index in [4.69, 9.17) is 11.6 Å². The number of halogens is 2. The summed E-state index contributed by atoms with van der Waals surface area (Å²) in [5.41, 5.74) is 0.901. The number of hydrogen-bond acceptors (Lipinski definition) is 1. The van der Waals surface area contributed by atoms with Crippen molar-refractivity contribution < 1.29 is 9.50 Å². The van der Waals surface area contributed by atoms with Crippen LogP contribution in [0.4, 0.5) is 4.39 Å². The van der Waals surface area contributed by atoms with Crippen molar-refractivity contribution in [3.63, 3.8) is 0 Å². The molecule has 2 aromatic rings. The maximum absolute atomic E-state index is 12.8. The molecule has 0 aromatic heterocycles. The predicted molar refractivity (Wildman–Crippen MR) is 75.9 cm³/mol. The van der Waals surface area contributed by atoms with Gasteiger partial charge in [-0.15, -0.1) is 0 Å². The summed E-state index contributed by atoms with van der Waals surface area (Å²) in [6, 6.07) is 13.7. The van der Waals surface area contributed by atoms with Gasteiger partial charge in [-0.1, -0.05) is 41.9 Å². The molecule has 0 saturated carbocycles. The summed E-state index contributed by atoms with van der Waals surface area (Å²) < 4.78 is 12.8. The Kier molecular flexibility index (Phi) is 4.23. The summed E-state index contributed by atoms with van der Waals surface area (Å²) in [5, 5.41) is 11.1. The molecule has 0 heterocycles. The molecule has 0 saturated heterocycles. The standard InChI is InChI=1S/C16H16ClFO/c1-16(19,10-12-6-8-14(18)9-7-12)11-13-4-2-3-5-15(13)17/h2-9,19H,10-11H2,1H3. The average Bonchev–Trinajstić information content (AvgIpc) is 2.35. The fourth-order valence-electron chi connectivity index (χ4n) is 2.16. The number of benzene rings is 2. The van der Waals surface area contributed by atoms with Crippen LogP contribution >= 0.6 is 11.6 Å². The van der Waals surface area contributed by atoms with Crippen LogP contribution in [0.3, 0.4) is 0 Å². The molecule has 0 aliphatic carbocycles. The normalized spacial score (nSPS) is 14.1. The van der Waals surface area contributed by atoms with E-state index in [1.54, 1.807) is 19.1 Å². The van der Waals surface area contributed by atoms with Gasteiger partial charge >= 0.3 is 0 Å². The van der Waals surface area contributed by atoms with Gasteiger partial charge in [0, 0.05) is 17.9 Å². The molecule has 1 atom stereocenters. The van der Waals surface area contributed by atoms with Crippen LogP contribution in [0.1, 0.15) is 18.1 Å². The highest BCUT2D eigenvalue weighted by atomic mass is 35.5. The van der Waals surface area contributed by atoms with Gasteiger partial charge < -0.3 is 5.11 Å². The van der Waals surface area contributed by atoms with Crippen molar-refractivity contribution in [3.05, 3.63) is 70.5 Å². The van der Waals surface area contributed by atoms with E-state index in [0.29, 0.717) is 17.9 Å². The predicted octanol–water partition coefficient (Wildman–Crippen LogP) is 4.02. The van der Waals surface area contributed by atoms with Crippen molar-refractivity contribution in [2.45, 2.75) is 25.4 Å². The summed E-state index contributed by atoms with van der Waals surface area (Å²) in [6.45, 7) is 1.76. The lowest BCUT2D eigenvalue weighted by Gasteiger charge is -2.24. The maximum atomic E-state index is 12.8. The molecule has 0 amide bonds. The molecule has 0 radical (unpaired) electrons. The molecule has 3 heteroatoms. The highest BCUT2D eigenvalue weighted by Crippen LogP contribution is 2.23. The minimum absolute atomic E-state index is 0.269. The third kappa shape index (κ3) is 4.05. The van der Waals surface area contributed by atoms with Crippen LogP contribution in [0, 0.1) is 5.82 Å². The second-order valence-corrected chi connectivity index (χ2v) is 5.48. The molecule has 1 nitrogen and oxygen atoms in total. The fraction of sp³-hybridized carbons (Fsp3) is 0.250. The van der Waals surface area contributed by atoms with Gasteiger partial charge in [0.1, 0.15) is 5.82 Å². The van der Waals surface area contributed by atoms with Gasteiger partial charge in [0.15, 0.2) is 0 Å². The summed E-state index contributed by atoms with van der Waals surface area (Å²) in [6.07, 6.45) is 0.919. The van der Waals surface area contributed by atoms with Gasteiger partial charge in [-0.25, -0.2) is 4.39 Å². The topological polar surface area (TPSA) is 20.2 Å². The maximum Gasteiger partial charge on any atom is 0.123 e. The first-order valence-corrected chi connectivity index (χ1v) is 6.54. The molecule has 0 aliphatic heterocycles. The Hall–Kier alpha value is -1.38. The van der Waals surface area contributed by atoms with Gasteiger partial charge in [0.05, 0.1) is 5.60 Å². The minimum Gasteiger partial charge on any atom is -0.389 e. The third-order valence-electron chi connectivity index (χ3n) is 3.03. The van der Waals surface area contributed by atoms with E-state index < -0.39 is 5.60 Å². The van der Waals surface area contributed by atoms with E-state index in [-0.39, 0.29) is 5.82 Å². The van der Waals surface area contributed by atoms with Crippen LogP contribution in [-0.4, -0.2) is 10.7 Å². The summed E-state index contributed by atoms with van der Waals surface area (Å²) in [7, 11) is 0. The van der Waals surface area contributed by atoms with Crippen molar-refractivity contribution in [2.75, 3.05) is 0 Å². The highest BCUT2D eigenvalue weighted by molar-refractivity contribution is 6.31. The van der Waals surface area contributed by atoms with Gasteiger partial charge in [-0.2, -0.15) is 0 Å². The number of aliphatic hydroxyl groups is 1. The number of rotatable bonds is 4. The summed E-state index contributed by atoms with van der Waals surface area (Å²) >= 11 is 6.09. The molecule has 19 heavy (non-hydrogen) atoms. The van der Waals surface area contributed by atoms with Gasteiger partial charge in [-0.05, 0) is 36.2 Å². The van der Waals surface area contributed by atoms with Crippen LogP contribution in [0.15, 0.2) is 48.5 Å². The Morgan fingerprint density at radius 3 is 2.32 bits per heavy atom. The van der Waals surface area contributed by atoms with E-state index >= 15 is 0 Å². The molecular weight excluding hydrogens is 263 g/mol. The molecule has 1 unspecified atom stereocenters. The van der Waals surface area contributed by atoms with Crippen LogP contribution in [0.25, 0.3) is 0 Å². The lowest BCUT2D eigenvalue weighted by Crippen LogP contribution is -2.30. The second kappa shape index (κ2) is 5.72. The van der Waals surface area contributed by atoms with E-state index in [2.05, 4.69) is 0 Å². The molecule has 2 rings (SSSR count). The van der Waals surface area contributed by atoms with Crippen molar-refractivity contribution in [2.24, 2.45) is 0 Å². The SMILES string of the molecule is CC(O)(Cc1ccc(F)cc1)Cc1ccccc1Cl. The zero-order valence-electron chi connectivity index (χ0n) is 10.7. The monoisotopic (exact) mass is 278 g/mol. The van der Waals surface area contributed by atoms with Crippen molar-refractivity contribution in [3.8, 4) is 0 Å². The lowest BCUT2D eigenvalue weighted by molar-refractivity contribution is 0.0608. The first-order valence-electron chi connectivity index (χ1n) is 6.16. The highest BCUT2D eigenvalue weighted by Gasteiger charge is 2.22. The van der Waals surface area contributed by atoms with Crippen LogP contribution in [0.5, 0.6) is 0 Å². The fourth-order valence-corrected chi connectivity index (χ4v) is 2.36. The quantitative estimate of drug-likeness (QED) is 0.896. The Morgan fingerprint density at radius 1 is 1.05 bits per heavy atom. The Labute approximate surface area is 117 Å².